The minimum Gasteiger partial charge on any atom is -0.459 e. The maximum Gasteiger partial charge on any atom is 0.433 e. The number of halogens is 3. The van der Waals surface area contributed by atoms with Gasteiger partial charge in [-0.05, 0) is 39.8 Å². The monoisotopic (exact) mass is 469 g/mol. The van der Waals surface area contributed by atoms with Crippen LogP contribution in [-0.2, 0) is 41.4 Å². The smallest absolute Gasteiger partial charge is 0.433 e. The summed E-state index contributed by atoms with van der Waals surface area (Å²) in [6.45, 7) is 6.55. The Morgan fingerprint density at radius 1 is 0.970 bits per heavy atom. The molecule has 1 aliphatic rings. The Morgan fingerprint density at radius 3 is 2.03 bits per heavy atom. The van der Waals surface area contributed by atoms with Crippen LogP contribution in [-0.4, -0.2) is 34.3 Å². The van der Waals surface area contributed by atoms with Crippen LogP contribution in [0.2, 0.25) is 0 Å². The Hall–Kier alpha value is -3.37. The summed E-state index contributed by atoms with van der Waals surface area (Å²) in [5, 5.41) is 0. The number of alkyl halides is 3. The molecule has 0 unspecified atom stereocenters. The lowest BCUT2D eigenvalue weighted by atomic mass is 9.62. The maximum absolute atomic E-state index is 13.5. The van der Waals surface area contributed by atoms with E-state index in [2.05, 4.69) is 4.98 Å². The molecule has 0 atom stereocenters. The van der Waals surface area contributed by atoms with Crippen LogP contribution in [0.25, 0.3) is 0 Å². The van der Waals surface area contributed by atoms with Crippen LogP contribution >= 0.6 is 0 Å². The molecule has 0 aromatic carbocycles. The Balaban J connectivity index is 2.81. The molecular weight excluding hydrogens is 447 g/mol. The minimum absolute atomic E-state index is 0.474. The number of pyridine rings is 1. The van der Waals surface area contributed by atoms with E-state index in [0.29, 0.717) is 6.07 Å². The van der Waals surface area contributed by atoms with Gasteiger partial charge in [0.2, 0.25) is 5.78 Å². The summed E-state index contributed by atoms with van der Waals surface area (Å²) in [6, 6.07) is 1.32. The van der Waals surface area contributed by atoms with Crippen molar-refractivity contribution >= 4 is 29.3 Å². The zero-order valence-electron chi connectivity index (χ0n) is 18.8. The first-order valence-corrected chi connectivity index (χ1v) is 9.70. The first-order valence-electron chi connectivity index (χ1n) is 9.70. The molecule has 0 saturated heterocycles. The predicted molar refractivity (Wildman–Crippen MR) is 105 cm³/mol. The molecule has 1 aromatic rings. The number of hydrogen-bond acceptors (Lipinski definition) is 8. The van der Waals surface area contributed by atoms with E-state index in [0.717, 1.165) is 19.9 Å². The van der Waals surface area contributed by atoms with Gasteiger partial charge in [0, 0.05) is 19.4 Å². The number of esters is 2. The summed E-state index contributed by atoms with van der Waals surface area (Å²) in [5.41, 5.74) is -6.30. The molecule has 0 spiro atoms. The molecule has 11 heteroatoms. The number of ether oxygens (including phenoxy) is 2. The number of aromatic nitrogens is 1. The largest absolute Gasteiger partial charge is 0.459 e. The number of rotatable bonds is 5. The summed E-state index contributed by atoms with van der Waals surface area (Å²) >= 11 is 0. The summed E-state index contributed by atoms with van der Waals surface area (Å²) in [5.74, 6) is -4.95. The van der Waals surface area contributed by atoms with E-state index in [1.165, 1.54) is 27.7 Å². The van der Waals surface area contributed by atoms with Crippen molar-refractivity contribution < 1.29 is 46.6 Å². The maximum atomic E-state index is 13.5. The number of carbonyl (C=O) groups is 5. The van der Waals surface area contributed by atoms with Crippen LogP contribution < -0.4 is 0 Å². The molecule has 0 amide bonds. The first-order chi connectivity index (χ1) is 14.9. The molecule has 0 saturated carbocycles. The first kappa shape index (κ1) is 25.9. The fourth-order valence-corrected chi connectivity index (χ4v) is 3.52. The van der Waals surface area contributed by atoms with Gasteiger partial charge in [-0.25, -0.2) is 4.98 Å². The summed E-state index contributed by atoms with van der Waals surface area (Å²) in [7, 11) is 0. The molecule has 0 bridgehead atoms. The normalized spacial score (nSPS) is 17.6. The third-order valence-corrected chi connectivity index (χ3v) is 5.12. The fourth-order valence-electron chi connectivity index (χ4n) is 3.52. The number of Topliss-reactive ketones (excluding diaryl/α,β-unsaturated/α-hetero) is 3. The molecule has 8 nitrogen and oxygen atoms in total. The van der Waals surface area contributed by atoms with Gasteiger partial charge in [0.25, 0.3) is 0 Å². The number of ketones is 3. The van der Waals surface area contributed by atoms with Gasteiger partial charge in [-0.15, -0.1) is 0 Å². The molecule has 1 aromatic heterocycles. The van der Waals surface area contributed by atoms with Gasteiger partial charge in [-0.2, -0.15) is 13.2 Å². The summed E-state index contributed by atoms with van der Waals surface area (Å²) in [6.07, 6.45) is -4.86. The second-order valence-corrected chi connectivity index (χ2v) is 8.50. The highest BCUT2D eigenvalue weighted by Gasteiger charge is 2.56. The van der Waals surface area contributed by atoms with Crippen LogP contribution in [0.4, 0.5) is 13.2 Å². The third-order valence-electron chi connectivity index (χ3n) is 5.12. The molecule has 0 N–H and O–H groups in total. The van der Waals surface area contributed by atoms with Crippen molar-refractivity contribution in [1.29, 1.82) is 0 Å². The molecule has 0 aliphatic heterocycles. The van der Waals surface area contributed by atoms with Crippen molar-refractivity contribution in [3.05, 3.63) is 40.4 Å². The van der Waals surface area contributed by atoms with Gasteiger partial charge in [0.1, 0.15) is 23.6 Å². The zero-order chi connectivity index (χ0) is 25.5. The highest BCUT2D eigenvalue weighted by Crippen LogP contribution is 2.45. The fraction of sp³-hybridized carbons (Fsp3) is 0.455. The number of hydrogen-bond donors (Lipinski definition) is 0. The van der Waals surface area contributed by atoms with Gasteiger partial charge >= 0.3 is 18.1 Å². The average molecular weight is 469 g/mol. The Morgan fingerprint density at radius 2 is 1.55 bits per heavy atom. The van der Waals surface area contributed by atoms with E-state index in [9.17, 15) is 37.1 Å². The number of carbonyl (C=O) groups excluding carboxylic acids is 5. The van der Waals surface area contributed by atoms with E-state index >= 15 is 0 Å². The molecule has 1 aliphatic carbocycles. The topological polar surface area (TPSA) is 117 Å². The summed E-state index contributed by atoms with van der Waals surface area (Å²) < 4.78 is 49.3. The summed E-state index contributed by atoms with van der Waals surface area (Å²) in [4.78, 5) is 65.9. The lowest BCUT2D eigenvalue weighted by Crippen LogP contribution is -2.50. The van der Waals surface area contributed by atoms with Crippen molar-refractivity contribution in [3.8, 4) is 0 Å². The van der Waals surface area contributed by atoms with Crippen LogP contribution in [0.1, 0.15) is 63.3 Å². The minimum atomic E-state index is -4.86. The quantitative estimate of drug-likeness (QED) is 0.279. The molecule has 0 radical (unpaired) electrons. The van der Waals surface area contributed by atoms with Crippen molar-refractivity contribution in [2.24, 2.45) is 10.8 Å². The van der Waals surface area contributed by atoms with Gasteiger partial charge in [-0.1, -0.05) is 0 Å². The number of nitrogens with zero attached hydrogens (tertiary/aromatic N) is 1. The molecule has 0 fully saturated rings. The third kappa shape index (κ3) is 4.86. The lowest BCUT2D eigenvalue weighted by Gasteiger charge is -2.39. The van der Waals surface area contributed by atoms with Crippen molar-refractivity contribution in [3.63, 3.8) is 0 Å². The standard InChI is InChI=1S/C22H22F3NO7/c1-10(27)32-9-13-12(7-8-14(26-13)22(23,24)25)16(29)15-17(30)20(3,4)19(31)21(5,6)18(15)33-11(2)28/h7-8H,9H2,1-6H3. The van der Waals surface area contributed by atoms with Gasteiger partial charge in [0.15, 0.2) is 11.6 Å². The highest BCUT2D eigenvalue weighted by molar-refractivity contribution is 6.34. The molecule has 178 valence electrons. The van der Waals surface area contributed by atoms with Gasteiger partial charge in [0.05, 0.1) is 16.5 Å². The predicted octanol–water partition coefficient (Wildman–Crippen LogP) is 3.37. The van der Waals surface area contributed by atoms with Crippen LogP contribution in [0, 0.1) is 10.8 Å². The Labute approximate surface area is 187 Å². The Kier molecular flexibility index (Phi) is 6.69. The van der Waals surface area contributed by atoms with E-state index < -0.39 is 81.2 Å². The van der Waals surface area contributed by atoms with Crippen LogP contribution in [0.3, 0.4) is 0 Å². The lowest BCUT2D eigenvalue weighted by molar-refractivity contribution is -0.148. The second kappa shape index (κ2) is 8.53. The molecular formula is C22H22F3NO7. The van der Waals surface area contributed by atoms with Crippen molar-refractivity contribution in [1.82, 2.24) is 4.98 Å². The van der Waals surface area contributed by atoms with E-state index in [4.69, 9.17) is 9.47 Å². The van der Waals surface area contributed by atoms with Crippen molar-refractivity contribution in [2.45, 2.75) is 54.3 Å². The van der Waals surface area contributed by atoms with Gasteiger partial charge < -0.3 is 9.47 Å². The van der Waals surface area contributed by atoms with E-state index in [1.807, 2.05) is 0 Å². The molecule has 33 heavy (non-hydrogen) atoms. The molecule has 1 heterocycles. The Bertz CT molecular complexity index is 1100. The van der Waals surface area contributed by atoms with Gasteiger partial charge in [-0.3, -0.25) is 24.0 Å². The highest BCUT2D eigenvalue weighted by atomic mass is 19.4. The molecule has 2 rings (SSSR count). The van der Waals surface area contributed by atoms with E-state index in [1.54, 1.807) is 0 Å². The second-order valence-electron chi connectivity index (χ2n) is 8.50. The van der Waals surface area contributed by atoms with Crippen LogP contribution in [0.5, 0.6) is 0 Å². The van der Waals surface area contributed by atoms with Crippen LogP contribution in [0.15, 0.2) is 23.5 Å². The average Bonchev–Trinajstić information content (AvgIpc) is 2.68. The SMILES string of the molecule is CC(=O)OCc1nc(C(F)(F)F)ccc1C(=O)C1=C(OC(C)=O)C(C)(C)C(=O)C(C)(C)C1=O. The van der Waals surface area contributed by atoms with Crippen molar-refractivity contribution in [2.75, 3.05) is 0 Å². The van der Waals surface area contributed by atoms with E-state index in [-0.39, 0.29) is 0 Å². The number of allylic oxidation sites excluding steroid dienone is 2. The zero-order valence-corrected chi connectivity index (χ0v) is 18.8.